The number of carboxylic acids is 1. The molecule has 0 atom stereocenters. The number of anilines is 1. The molecule has 0 aliphatic carbocycles. The standard InChI is InChI=1S/C14H13NO3S/c1-14(2)6-12(16)15-9-3-7-4-11(13(17)18)19-10(7)5-8(9)14/h3-5H,6H2,1-2H3,(H,15,16)(H,17,18). The Hall–Kier alpha value is -1.88. The molecule has 2 aromatic rings. The number of nitrogens with one attached hydrogen (secondary N) is 1. The molecular weight excluding hydrogens is 262 g/mol. The number of aromatic carboxylic acids is 1. The maximum absolute atomic E-state index is 11.7. The van der Waals surface area contributed by atoms with Gasteiger partial charge < -0.3 is 10.4 Å². The van der Waals surface area contributed by atoms with Crippen molar-refractivity contribution in [2.45, 2.75) is 25.7 Å². The van der Waals surface area contributed by atoms with Crippen LogP contribution in [0.15, 0.2) is 18.2 Å². The molecule has 2 heterocycles. The maximum atomic E-state index is 11.7. The predicted octanol–water partition coefficient (Wildman–Crippen LogP) is 3.22. The van der Waals surface area contributed by atoms with E-state index in [1.54, 1.807) is 6.07 Å². The Morgan fingerprint density at radius 3 is 2.79 bits per heavy atom. The lowest BCUT2D eigenvalue weighted by Gasteiger charge is -2.32. The molecule has 0 unspecified atom stereocenters. The molecule has 0 saturated carbocycles. The van der Waals surface area contributed by atoms with Crippen LogP contribution in [0.2, 0.25) is 0 Å². The van der Waals surface area contributed by atoms with E-state index in [4.69, 9.17) is 5.11 Å². The fraction of sp³-hybridized carbons (Fsp3) is 0.286. The smallest absolute Gasteiger partial charge is 0.345 e. The molecule has 0 radical (unpaired) electrons. The van der Waals surface area contributed by atoms with Crippen LogP contribution < -0.4 is 5.32 Å². The van der Waals surface area contributed by atoms with Gasteiger partial charge in [0, 0.05) is 22.2 Å². The van der Waals surface area contributed by atoms with Gasteiger partial charge in [0.05, 0.1) is 0 Å². The first-order valence-corrected chi connectivity index (χ1v) is 6.80. The van der Waals surface area contributed by atoms with Gasteiger partial charge in [0.2, 0.25) is 5.91 Å². The molecule has 1 aromatic heterocycles. The largest absolute Gasteiger partial charge is 0.477 e. The topological polar surface area (TPSA) is 66.4 Å². The van der Waals surface area contributed by atoms with Gasteiger partial charge in [-0.2, -0.15) is 0 Å². The van der Waals surface area contributed by atoms with Crippen LogP contribution in [0, 0.1) is 0 Å². The zero-order valence-electron chi connectivity index (χ0n) is 10.6. The number of hydrogen-bond acceptors (Lipinski definition) is 3. The summed E-state index contributed by atoms with van der Waals surface area (Å²) < 4.78 is 0.945. The molecule has 1 aliphatic heterocycles. The second-order valence-corrected chi connectivity index (χ2v) is 6.54. The molecule has 5 heteroatoms. The molecule has 0 fully saturated rings. The van der Waals surface area contributed by atoms with E-state index in [1.165, 1.54) is 11.3 Å². The van der Waals surface area contributed by atoms with E-state index < -0.39 is 5.97 Å². The Morgan fingerprint density at radius 1 is 1.37 bits per heavy atom. The quantitative estimate of drug-likeness (QED) is 0.839. The first-order valence-electron chi connectivity index (χ1n) is 5.98. The molecule has 0 spiro atoms. The lowest BCUT2D eigenvalue weighted by Crippen LogP contribution is -2.32. The van der Waals surface area contributed by atoms with E-state index in [2.05, 4.69) is 5.32 Å². The van der Waals surface area contributed by atoms with Crippen molar-refractivity contribution in [3.63, 3.8) is 0 Å². The lowest BCUT2D eigenvalue weighted by atomic mass is 9.78. The average Bonchev–Trinajstić information content (AvgIpc) is 2.68. The Morgan fingerprint density at radius 2 is 2.11 bits per heavy atom. The summed E-state index contributed by atoms with van der Waals surface area (Å²) in [6.07, 6.45) is 0.447. The summed E-state index contributed by atoms with van der Waals surface area (Å²) in [5.41, 5.74) is 1.64. The highest BCUT2D eigenvalue weighted by atomic mass is 32.1. The zero-order valence-corrected chi connectivity index (χ0v) is 11.4. The summed E-state index contributed by atoms with van der Waals surface area (Å²) in [5, 5.41) is 12.8. The van der Waals surface area contributed by atoms with Crippen LogP contribution in [0.5, 0.6) is 0 Å². The molecule has 19 heavy (non-hydrogen) atoms. The van der Waals surface area contributed by atoms with Gasteiger partial charge >= 0.3 is 5.97 Å². The van der Waals surface area contributed by atoms with Gasteiger partial charge in [-0.1, -0.05) is 13.8 Å². The van der Waals surface area contributed by atoms with E-state index in [-0.39, 0.29) is 11.3 Å². The SMILES string of the molecule is CC1(C)CC(=O)Nc2cc3cc(C(=O)O)sc3cc21. The molecule has 1 aromatic carbocycles. The Bertz CT molecular complexity index is 715. The summed E-state index contributed by atoms with van der Waals surface area (Å²) in [7, 11) is 0. The van der Waals surface area contributed by atoms with Crippen molar-refractivity contribution in [2.24, 2.45) is 0 Å². The number of carboxylic acid groups (broad SMARTS) is 1. The monoisotopic (exact) mass is 275 g/mol. The van der Waals surface area contributed by atoms with Gasteiger partial charge in [-0.15, -0.1) is 11.3 Å². The van der Waals surface area contributed by atoms with E-state index in [0.29, 0.717) is 11.3 Å². The van der Waals surface area contributed by atoms with E-state index in [0.717, 1.165) is 21.3 Å². The molecule has 1 aliphatic rings. The van der Waals surface area contributed by atoms with Gasteiger partial charge in [-0.05, 0) is 29.1 Å². The Balaban J connectivity index is 2.25. The zero-order chi connectivity index (χ0) is 13.8. The second-order valence-electron chi connectivity index (χ2n) is 5.46. The van der Waals surface area contributed by atoms with Crippen LogP contribution in [0.1, 0.15) is 35.5 Å². The number of benzene rings is 1. The minimum absolute atomic E-state index is 0.00513. The predicted molar refractivity (Wildman–Crippen MR) is 75.1 cm³/mol. The van der Waals surface area contributed by atoms with Gasteiger partial charge in [-0.25, -0.2) is 4.79 Å². The summed E-state index contributed by atoms with van der Waals surface area (Å²) in [6.45, 7) is 4.06. The van der Waals surface area contributed by atoms with Gasteiger partial charge in [0.25, 0.3) is 0 Å². The summed E-state index contributed by atoms with van der Waals surface area (Å²) >= 11 is 1.27. The molecule has 0 saturated heterocycles. The van der Waals surface area contributed by atoms with Crippen molar-refractivity contribution in [1.82, 2.24) is 0 Å². The fourth-order valence-corrected chi connectivity index (χ4v) is 3.47. The highest BCUT2D eigenvalue weighted by Crippen LogP contribution is 2.41. The van der Waals surface area contributed by atoms with E-state index in [1.807, 2.05) is 26.0 Å². The number of fused-ring (bicyclic) bond motifs is 2. The van der Waals surface area contributed by atoms with Gasteiger partial charge in [0.15, 0.2) is 0 Å². The number of thiophene rings is 1. The second kappa shape index (κ2) is 3.81. The lowest BCUT2D eigenvalue weighted by molar-refractivity contribution is -0.117. The van der Waals surface area contributed by atoms with Crippen molar-refractivity contribution < 1.29 is 14.7 Å². The van der Waals surface area contributed by atoms with E-state index in [9.17, 15) is 9.59 Å². The number of rotatable bonds is 1. The number of carbonyl (C=O) groups is 2. The summed E-state index contributed by atoms with van der Waals surface area (Å²) in [4.78, 5) is 23.0. The van der Waals surface area contributed by atoms with Gasteiger partial charge in [-0.3, -0.25) is 4.79 Å². The molecular formula is C14H13NO3S. The van der Waals surface area contributed by atoms with Crippen molar-refractivity contribution in [3.8, 4) is 0 Å². The van der Waals surface area contributed by atoms with Gasteiger partial charge in [0.1, 0.15) is 4.88 Å². The number of hydrogen-bond donors (Lipinski definition) is 2. The molecule has 3 rings (SSSR count). The highest BCUT2D eigenvalue weighted by Gasteiger charge is 2.32. The van der Waals surface area contributed by atoms with Crippen LogP contribution in [0.3, 0.4) is 0 Å². The van der Waals surface area contributed by atoms with Crippen LogP contribution in [-0.2, 0) is 10.2 Å². The maximum Gasteiger partial charge on any atom is 0.345 e. The van der Waals surface area contributed by atoms with Crippen molar-refractivity contribution in [3.05, 3.63) is 28.6 Å². The summed E-state index contributed by atoms with van der Waals surface area (Å²) in [6, 6.07) is 5.52. The number of carbonyl (C=O) groups excluding carboxylic acids is 1. The normalized spacial score (nSPS) is 17.1. The van der Waals surface area contributed by atoms with Crippen molar-refractivity contribution >= 4 is 39.0 Å². The minimum atomic E-state index is -0.914. The number of amides is 1. The first-order chi connectivity index (χ1) is 8.87. The third kappa shape index (κ3) is 1.90. The molecule has 4 nitrogen and oxygen atoms in total. The van der Waals surface area contributed by atoms with Crippen molar-refractivity contribution in [2.75, 3.05) is 5.32 Å². The third-order valence-electron chi connectivity index (χ3n) is 3.47. The Kier molecular flexibility index (Phi) is 2.44. The summed E-state index contributed by atoms with van der Waals surface area (Å²) in [5.74, 6) is -0.909. The van der Waals surface area contributed by atoms with Crippen LogP contribution >= 0.6 is 11.3 Å². The fourth-order valence-electron chi connectivity index (χ4n) is 2.55. The Labute approximate surface area is 114 Å². The minimum Gasteiger partial charge on any atom is -0.477 e. The third-order valence-corrected chi connectivity index (χ3v) is 4.56. The molecule has 0 bridgehead atoms. The molecule has 2 N–H and O–H groups in total. The van der Waals surface area contributed by atoms with Crippen LogP contribution in [0.25, 0.3) is 10.1 Å². The highest BCUT2D eigenvalue weighted by molar-refractivity contribution is 7.20. The molecule has 1 amide bonds. The van der Waals surface area contributed by atoms with E-state index >= 15 is 0 Å². The van der Waals surface area contributed by atoms with Crippen LogP contribution in [-0.4, -0.2) is 17.0 Å². The first kappa shape index (κ1) is 12.2. The van der Waals surface area contributed by atoms with Crippen molar-refractivity contribution in [1.29, 1.82) is 0 Å². The average molecular weight is 275 g/mol. The molecule has 98 valence electrons. The van der Waals surface area contributed by atoms with Crippen LogP contribution in [0.4, 0.5) is 5.69 Å².